The predicted molar refractivity (Wildman–Crippen MR) is 105 cm³/mol. The van der Waals surface area contributed by atoms with Gasteiger partial charge >= 0.3 is 0 Å². The van der Waals surface area contributed by atoms with E-state index in [-0.39, 0.29) is 5.91 Å². The lowest BCUT2D eigenvalue weighted by Gasteiger charge is -2.10. The normalized spacial score (nSPS) is 11.1. The zero-order valence-electron chi connectivity index (χ0n) is 15.5. The van der Waals surface area contributed by atoms with Gasteiger partial charge in [0.25, 0.3) is 5.91 Å². The van der Waals surface area contributed by atoms with Gasteiger partial charge in [0.05, 0.1) is 5.69 Å². The van der Waals surface area contributed by atoms with E-state index in [1.807, 2.05) is 82.3 Å². The second-order valence-corrected chi connectivity index (χ2v) is 6.39. The van der Waals surface area contributed by atoms with Crippen LogP contribution in [0.5, 0.6) is 0 Å². The SMILES string of the molecule is Cc1cccc(NC(=O)c2ccc(/C=C\c3c(C)noc3C)cc2)c1C. The van der Waals surface area contributed by atoms with E-state index in [9.17, 15) is 4.79 Å². The molecule has 0 spiro atoms. The van der Waals surface area contributed by atoms with Crippen LogP contribution < -0.4 is 5.32 Å². The molecule has 0 aliphatic rings. The highest BCUT2D eigenvalue weighted by molar-refractivity contribution is 6.04. The first kappa shape index (κ1) is 17.7. The number of carbonyl (C=O) groups is 1. The van der Waals surface area contributed by atoms with Gasteiger partial charge < -0.3 is 9.84 Å². The minimum Gasteiger partial charge on any atom is -0.361 e. The van der Waals surface area contributed by atoms with E-state index in [0.717, 1.165) is 39.4 Å². The van der Waals surface area contributed by atoms with Crippen LogP contribution in [-0.4, -0.2) is 11.1 Å². The summed E-state index contributed by atoms with van der Waals surface area (Å²) >= 11 is 0. The lowest BCUT2D eigenvalue weighted by Crippen LogP contribution is -2.12. The lowest BCUT2D eigenvalue weighted by molar-refractivity contribution is 0.102. The summed E-state index contributed by atoms with van der Waals surface area (Å²) in [7, 11) is 0. The fraction of sp³-hybridized carbons (Fsp3) is 0.182. The van der Waals surface area contributed by atoms with Crippen molar-refractivity contribution in [2.24, 2.45) is 0 Å². The smallest absolute Gasteiger partial charge is 0.255 e. The van der Waals surface area contributed by atoms with Crippen LogP contribution in [0.1, 0.15) is 44.1 Å². The molecule has 1 aromatic heterocycles. The van der Waals surface area contributed by atoms with Gasteiger partial charge in [-0.3, -0.25) is 4.79 Å². The Balaban J connectivity index is 1.73. The van der Waals surface area contributed by atoms with E-state index < -0.39 is 0 Å². The summed E-state index contributed by atoms with van der Waals surface area (Å²) in [5.74, 6) is 0.684. The van der Waals surface area contributed by atoms with Gasteiger partial charge in [-0.1, -0.05) is 35.5 Å². The average Bonchev–Trinajstić information content (AvgIpc) is 2.95. The van der Waals surface area contributed by atoms with Crippen molar-refractivity contribution in [3.05, 3.63) is 81.7 Å². The summed E-state index contributed by atoms with van der Waals surface area (Å²) in [6, 6.07) is 13.4. The van der Waals surface area contributed by atoms with Gasteiger partial charge in [-0.05, 0) is 68.7 Å². The minimum absolute atomic E-state index is 0.111. The first-order valence-electron chi connectivity index (χ1n) is 8.54. The van der Waals surface area contributed by atoms with Crippen molar-refractivity contribution in [1.29, 1.82) is 0 Å². The van der Waals surface area contributed by atoms with Crippen LogP contribution in [-0.2, 0) is 0 Å². The highest BCUT2D eigenvalue weighted by Crippen LogP contribution is 2.20. The average molecular weight is 346 g/mol. The number of aromatic nitrogens is 1. The van der Waals surface area contributed by atoms with Gasteiger partial charge in [0.2, 0.25) is 0 Å². The van der Waals surface area contributed by atoms with Crippen LogP contribution in [0.4, 0.5) is 5.69 Å². The Bertz CT molecular complexity index is 947. The molecule has 0 atom stereocenters. The van der Waals surface area contributed by atoms with Crippen molar-refractivity contribution in [2.45, 2.75) is 27.7 Å². The van der Waals surface area contributed by atoms with Crippen molar-refractivity contribution in [2.75, 3.05) is 5.32 Å². The molecule has 3 rings (SSSR count). The highest BCUT2D eigenvalue weighted by atomic mass is 16.5. The van der Waals surface area contributed by atoms with Crippen LogP contribution in [0.25, 0.3) is 12.2 Å². The summed E-state index contributed by atoms with van der Waals surface area (Å²) in [5.41, 5.74) is 6.57. The first-order valence-corrected chi connectivity index (χ1v) is 8.54. The van der Waals surface area contributed by atoms with E-state index in [2.05, 4.69) is 10.5 Å². The monoisotopic (exact) mass is 346 g/mol. The fourth-order valence-corrected chi connectivity index (χ4v) is 2.73. The molecule has 132 valence electrons. The third kappa shape index (κ3) is 3.75. The van der Waals surface area contributed by atoms with Crippen LogP contribution >= 0.6 is 0 Å². The molecule has 4 heteroatoms. The molecule has 1 N–H and O–H groups in total. The molecule has 0 aliphatic carbocycles. The van der Waals surface area contributed by atoms with Crippen LogP contribution in [0.15, 0.2) is 47.0 Å². The molecule has 4 nitrogen and oxygen atoms in total. The number of rotatable bonds is 4. The van der Waals surface area contributed by atoms with E-state index in [0.29, 0.717) is 5.56 Å². The molecular weight excluding hydrogens is 324 g/mol. The number of carbonyl (C=O) groups excluding carboxylic acids is 1. The van der Waals surface area contributed by atoms with Gasteiger partial charge in [-0.15, -0.1) is 0 Å². The fourth-order valence-electron chi connectivity index (χ4n) is 2.73. The molecule has 1 heterocycles. The van der Waals surface area contributed by atoms with Gasteiger partial charge in [-0.25, -0.2) is 0 Å². The standard InChI is InChI=1S/C22H22N2O2/c1-14-6-5-7-21(15(14)2)23-22(25)19-11-8-18(9-12-19)10-13-20-16(3)24-26-17(20)4/h5-13H,1-4H3,(H,23,25)/b13-10-. The Morgan fingerprint density at radius 1 is 1.00 bits per heavy atom. The third-order valence-corrected chi connectivity index (χ3v) is 4.56. The number of hydrogen-bond donors (Lipinski definition) is 1. The molecule has 0 fully saturated rings. The van der Waals surface area contributed by atoms with Gasteiger partial charge in [0.1, 0.15) is 5.76 Å². The molecule has 0 unspecified atom stereocenters. The maximum Gasteiger partial charge on any atom is 0.255 e. The Morgan fingerprint density at radius 2 is 1.73 bits per heavy atom. The maximum absolute atomic E-state index is 12.5. The molecule has 3 aromatic rings. The topological polar surface area (TPSA) is 55.1 Å². The van der Waals surface area contributed by atoms with Gasteiger partial charge in [-0.2, -0.15) is 0 Å². The van der Waals surface area contributed by atoms with Crippen LogP contribution in [0, 0.1) is 27.7 Å². The molecule has 0 radical (unpaired) electrons. The summed E-state index contributed by atoms with van der Waals surface area (Å²) in [4.78, 5) is 12.5. The predicted octanol–water partition coefficient (Wildman–Crippen LogP) is 5.33. The highest BCUT2D eigenvalue weighted by Gasteiger charge is 2.09. The molecule has 26 heavy (non-hydrogen) atoms. The van der Waals surface area contributed by atoms with E-state index in [1.54, 1.807) is 0 Å². The second-order valence-electron chi connectivity index (χ2n) is 6.39. The van der Waals surface area contributed by atoms with Crippen LogP contribution in [0.3, 0.4) is 0 Å². The summed E-state index contributed by atoms with van der Waals surface area (Å²) in [5, 5.41) is 6.92. The molecule has 0 aliphatic heterocycles. The Kier molecular flexibility index (Phi) is 5.03. The second kappa shape index (κ2) is 7.40. The lowest BCUT2D eigenvalue weighted by atomic mass is 10.1. The van der Waals surface area contributed by atoms with Gasteiger partial charge in [0.15, 0.2) is 0 Å². The number of aryl methyl sites for hydroxylation is 3. The number of amides is 1. The van der Waals surface area contributed by atoms with E-state index in [1.165, 1.54) is 0 Å². The number of benzene rings is 2. The summed E-state index contributed by atoms with van der Waals surface area (Å²) in [6.45, 7) is 7.84. The number of anilines is 1. The zero-order valence-corrected chi connectivity index (χ0v) is 15.5. The Labute approximate surface area is 153 Å². The molecule has 0 bridgehead atoms. The molecule has 0 saturated carbocycles. The van der Waals surface area contributed by atoms with E-state index in [4.69, 9.17) is 4.52 Å². The zero-order chi connectivity index (χ0) is 18.7. The summed E-state index contributed by atoms with van der Waals surface area (Å²) < 4.78 is 5.15. The Morgan fingerprint density at radius 3 is 2.38 bits per heavy atom. The van der Waals surface area contributed by atoms with Crippen LogP contribution in [0.2, 0.25) is 0 Å². The van der Waals surface area contributed by atoms with Crippen molar-refractivity contribution in [1.82, 2.24) is 5.16 Å². The number of nitrogens with one attached hydrogen (secondary N) is 1. The van der Waals surface area contributed by atoms with Crippen molar-refractivity contribution in [3.8, 4) is 0 Å². The molecule has 2 aromatic carbocycles. The first-order chi connectivity index (χ1) is 12.5. The quantitative estimate of drug-likeness (QED) is 0.694. The number of hydrogen-bond acceptors (Lipinski definition) is 3. The largest absolute Gasteiger partial charge is 0.361 e. The van der Waals surface area contributed by atoms with Gasteiger partial charge in [0, 0.05) is 16.8 Å². The minimum atomic E-state index is -0.111. The molecule has 0 saturated heterocycles. The van der Waals surface area contributed by atoms with E-state index >= 15 is 0 Å². The summed E-state index contributed by atoms with van der Waals surface area (Å²) in [6.07, 6.45) is 3.96. The number of nitrogens with zero attached hydrogens (tertiary/aromatic N) is 1. The third-order valence-electron chi connectivity index (χ3n) is 4.56. The van der Waals surface area contributed by atoms with Crippen molar-refractivity contribution < 1.29 is 9.32 Å². The van der Waals surface area contributed by atoms with Crippen molar-refractivity contribution >= 4 is 23.7 Å². The van der Waals surface area contributed by atoms with Crippen molar-refractivity contribution in [3.63, 3.8) is 0 Å². The molecule has 1 amide bonds. The Hall–Kier alpha value is -3.14. The maximum atomic E-state index is 12.5. The molecular formula is C22H22N2O2.